The molecular formula is C19H20N4O. The van der Waals surface area contributed by atoms with Gasteiger partial charge in [-0.05, 0) is 67.8 Å². The molecule has 1 fully saturated rings. The molecule has 1 heterocycles. The Morgan fingerprint density at radius 3 is 1.96 bits per heavy atom. The highest BCUT2D eigenvalue weighted by molar-refractivity contribution is 5.99. The highest BCUT2D eigenvalue weighted by atomic mass is 16.2. The number of nitrogens with zero attached hydrogens (tertiary/aromatic N) is 2. The van der Waals surface area contributed by atoms with E-state index < -0.39 is 0 Å². The molecule has 2 aromatic carbocycles. The minimum atomic E-state index is -0.301. The number of nitriles is 1. The summed E-state index contributed by atoms with van der Waals surface area (Å²) in [4.78, 5) is 14.4. The monoisotopic (exact) mass is 320 g/mol. The summed E-state index contributed by atoms with van der Waals surface area (Å²) in [5.41, 5.74) is 3.17. The molecule has 0 radical (unpaired) electrons. The van der Waals surface area contributed by atoms with Crippen LogP contribution in [0.1, 0.15) is 24.8 Å². The standard InChI is InChI=1S/C19H20N4O/c20-14-15-4-6-16(7-5-15)21-19(24)22-17-8-10-18(11-9-17)23-12-2-1-3-13-23/h4-11H,1-3,12-13H2,(H2,21,22,24). The largest absolute Gasteiger partial charge is 0.372 e. The molecule has 0 bridgehead atoms. The Balaban J connectivity index is 1.56. The molecular weight excluding hydrogens is 300 g/mol. The number of anilines is 3. The molecule has 1 aliphatic heterocycles. The Hall–Kier alpha value is -3.00. The van der Waals surface area contributed by atoms with Crippen LogP contribution in [-0.2, 0) is 0 Å². The zero-order valence-electron chi connectivity index (χ0n) is 13.5. The molecule has 2 aromatic rings. The predicted molar refractivity (Wildman–Crippen MR) is 96.3 cm³/mol. The van der Waals surface area contributed by atoms with Crippen LogP contribution in [0, 0.1) is 11.3 Å². The molecule has 0 aliphatic carbocycles. The highest BCUT2D eigenvalue weighted by Crippen LogP contribution is 2.22. The van der Waals surface area contributed by atoms with Crippen LogP contribution in [0.2, 0.25) is 0 Å². The van der Waals surface area contributed by atoms with Crippen molar-refractivity contribution in [3.05, 3.63) is 54.1 Å². The van der Waals surface area contributed by atoms with E-state index in [-0.39, 0.29) is 6.03 Å². The van der Waals surface area contributed by atoms with Gasteiger partial charge in [-0.15, -0.1) is 0 Å². The van der Waals surface area contributed by atoms with Crippen molar-refractivity contribution in [2.45, 2.75) is 19.3 Å². The number of amides is 2. The molecule has 2 amide bonds. The molecule has 0 atom stereocenters. The Kier molecular flexibility index (Phi) is 4.97. The summed E-state index contributed by atoms with van der Waals surface area (Å²) >= 11 is 0. The molecule has 5 heteroatoms. The third kappa shape index (κ3) is 4.05. The van der Waals surface area contributed by atoms with Crippen molar-refractivity contribution < 1.29 is 4.79 Å². The molecule has 0 spiro atoms. The first kappa shape index (κ1) is 15.9. The molecule has 24 heavy (non-hydrogen) atoms. The van der Waals surface area contributed by atoms with Crippen LogP contribution in [-0.4, -0.2) is 19.1 Å². The quantitative estimate of drug-likeness (QED) is 0.891. The molecule has 2 N–H and O–H groups in total. The van der Waals surface area contributed by atoms with E-state index in [4.69, 9.17) is 5.26 Å². The summed E-state index contributed by atoms with van der Waals surface area (Å²) in [6.45, 7) is 2.21. The first-order valence-electron chi connectivity index (χ1n) is 8.18. The average Bonchev–Trinajstić information content (AvgIpc) is 2.64. The third-order valence-electron chi connectivity index (χ3n) is 4.12. The predicted octanol–water partition coefficient (Wildman–Crippen LogP) is 4.19. The molecule has 0 saturated carbocycles. The van der Waals surface area contributed by atoms with Crippen molar-refractivity contribution in [2.75, 3.05) is 28.6 Å². The lowest BCUT2D eigenvalue weighted by Gasteiger charge is -2.28. The number of carbonyl (C=O) groups is 1. The number of nitrogens with one attached hydrogen (secondary N) is 2. The van der Waals surface area contributed by atoms with Crippen LogP contribution in [0.3, 0.4) is 0 Å². The second-order valence-electron chi connectivity index (χ2n) is 5.86. The van der Waals surface area contributed by atoms with Crippen molar-refractivity contribution in [1.82, 2.24) is 0 Å². The minimum Gasteiger partial charge on any atom is -0.372 e. The zero-order valence-corrected chi connectivity index (χ0v) is 13.5. The SMILES string of the molecule is N#Cc1ccc(NC(=O)Nc2ccc(N3CCCCC3)cc2)cc1. The van der Waals surface area contributed by atoms with E-state index in [1.807, 2.05) is 30.3 Å². The summed E-state index contributed by atoms with van der Waals surface area (Å²) in [6.07, 6.45) is 3.80. The van der Waals surface area contributed by atoms with Gasteiger partial charge in [0.15, 0.2) is 0 Å². The topological polar surface area (TPSA) is 68.2 Å². The number of benzene rings is 2. The van der Waals surface area contributed by atoms with Crippen molar-refractivity contribution in [3.8, 4) is 6.07 Å². The molecule has 0 unspecified atom stereocenters. The summed E-state index contributed by atoms with van der Waals surface area (Å²) in [5, 5.41) is 14.3. The van der Waals surface area contributed by atoms with Gasteiger partial charge in [0.25, 0.3) is 0 Å². The maximum absolute atomic E-state index is 12.0. The Morgan fingerprint density at radius 1 is 0.875 bits per heavy atom. The summed E-state index contributed by atoms with van der Waals surface area (Å²) < 4.78 is 0. The van der Waals surface area contributed by atoms with Gasteiger partial charge in [0.05, 0.1) is 11.6 Å². The normalized spacial score (nSPS) is 13.9. The fourth-order valence-corrected chi connectivity index (χ4v) is 2.83. The number of piperidine rings is 1. The molecule has 1 aliphatic rings. The maximum atomic E-state index is 12.0. The fraction of sp³-hybridized carbons (Fsp3) is 0.263. The molecule has 3 rings (SSSR count). The number of hydrogen-bond acceptors (Lipinski definition) is 3. The van der Waals surface area contributed by atoms with E-state index in [9.17, 15) is 4.79 Å². The van der Waals surface area contributed by atoms with Crippen LogP contribution >= 0.6 is 0 Å². The van der Waals surface area contributed by atoms with Gasteiger partial charge < -0.3 is 15.5 Å². The number of urea groups is 1. The summed E-state index contributed by atoms with van der Waals surface area (Å²) in [7, 11) is 0. The summed E-state index contributed by atoms with van der Waals surface area (Å²) in [6, 6.07) is 16.4. The van der Waals surface area contributed by atoms with Gasteiger partial charge in [-0.2, -0.15) is 5.26 Å². The molecule has 0 aromatic heterocycles. The van der Waals surface area contributed by atoms with Crippen LogP contribution in [0.4, 0.5) is 21.9 Å². The van der Waals surface area contributed by atoms with Crippen molar-refractivity contribution in [3.63, 3.8) is 0 Å². The molecule has 1 saturated heterocycles. The van der Waals surface area contributed by atoms with E-state index >= 15 is 0 Å². The number of rotatable bonds is 3. The van der Waals surface area contributed by atoms with Crippen LogP contribution in [0.5, 0.6) is 0 Å². The first-order valence-corrected chi connectivity index (χ1v) is 8.18. The number of hydrogen-bond donors (Lipinski definition) is 2. The lowest BCUT2D eigenvalue weighted by Crippen LogP contribution is -2.29. The third-order valence-corrected chi connectivity index (χ3v) is 4.12. The molecule has 122 valence electrons. The van der Waals surface area contributed by atoms with E-state index in [1.54, 1.807) is 24.3 Å². The van der Waals surface area contributed by atoms with Crippen molar-refractivity contribution in [1.29, 1.82) is 5.26 Å². The minimum absolute atomic E-state index is 0.301. The van der Waals surface area contributed by atoms with Gasteiger partial charge >= 0.3 is 6.03 Å². The Morgan fingerprint density at radius 2 is 1.42 bits per heavy atom. The van der Waals surface area contributed by atoms with E-state index in [0.717, 1.165) is 18.8 Å². The van der Waals surface area contributed by atoms with Gasteiger partial charge in [-0.1, -0.05) is 0 Å². The fourth-order valence-electron chi connectivity index (χ4n) is 2.83. The highest BCUT2D eigenvalue weighted by Gasteiger charge is 2.11. The van der Waals surface area contributed by atoms with Gasteiger partial charge in [0, 0.05) is 30.2 Å². The van der Waals surface area contributed by atoms with Gasteiger partial charge in [0.2, 0.25) is 0 Å². The maximum Gasteiger partial charge on any atom is 0.323 e. The van der Waals surface area contributed by atoms with Crippen molar-refractivity contribution >= 4 is 23.1 Å². The second kappa shape index (κ2) is 7.51. The average molecular weight is 320 g/mol. The Bertz CT molecular complexity index is 725. The molecule has 5 nitrogen and oxygen atoms in total. The zero-order chi connectivity index (χ0) is 16.8. The van der Waals surface area contributed by atoms with E-state index in [0.29, 0.717) is 11.3 Å². The lowest BCUT2D eigenvalue weighted by molar-refractivity contribution is 0.262. The van der Waals surface area contributed by atoms with Crippen LogP contribution < -0.4 is 15.5 Å². The first-order chi connectivity index (χ1) is 11.7. The van der Waals surface area contributed by atoms with Crippen molar-refractivity contribution in [2.24, 2.45) is 0 Å². The van der Waals surface area contributed by atoms with Crippen LogP contribution in [0.25, 0.3) is 0 Å². The lowest BCUT2D eigenvalue weighted by atomic mass is 10.1. The smallest absolute Gasteiger partial charge is 0.323 e. The summed E-state index contributed by atoms with van der Waals surface area (Å²) in [5.74, 6) is 0. The van der Waals surface area contributed by atoms with Gasteiger partial charge in [-0.25, -0.2) is 4.79 Å². The Labute approximate surface area is 141 Å². The second-order valence-corrected chi connectivity index (χ2v) is 5.86. The van der Waals surface area contributed by atoms with E-state index in [1.165, 1.54) is 24.9 Å². The van der Waals surface area contributed by atoms with E-state index in [2.05, 4.69) is 15.5 Å². The van der Waals surface area contributed by atoms with Crippen LogP contribution in [0.15, 0.2) is 48.5 Å². The number of carbonyl (C=O) groups excluding carboxylic acids is 1. The van der Waals surface area contributed by atoms with Gasteiger partial charge in [0.1, 0.15) is 0 Å². The van der Waals surface area contributed by atoms with Gasteiger partial charge in [-0.3, -0.25) is 0 Å².